The minimum Gasteiger partial charge on any atom is -0.481 e. The molecule has 0 radical (unpaired) electrons. The van der Waals surface area contributed by atoms with Crippen LogP contribution >= 0.6 is 0 Å². The van der Waals surface area contributed by atoms with E-state index in [1.807, 2.05) is 37.3 Å². The van der Waals surface area contributed by atoms with Gasteiger partial charge >= 0.3 is 5.69 Å². The van der Waals surface area contributed by atoms with Crippen molar-refractivity contribution in [2.24, 2.45) is 0 Å². The van der Waals surface area contributed by atoms with E-state index >= 15 is 0 Å². The fraction of sp³-hybridized carbons (Fsp3) is 0.316. The molecule has 0 aliphatic rings. The van der Waals surface area contributed by atoms with Gasteiger partial charge in [-0.15, -0.1) is 5.10 Å². The highest BCUT2D eigenvalue weighted by atomic mass is 16.5. The average molecular weight is 354 g/mol. The van der Waals surface area contributed by atoms with E-state index in [1.165, 1.54) is 9.08 Å². The van der Waals surface area contributed by atoms with E-state index < -0.39 is 6.10 Å². The third-order valence-electron chi connectivity index (χ3n) is 4.01. The Morgan fingerprint density at radius 2 is 2.12 bits per heavy atom. The zero-order valence-corrected chi connectivity index (χ0v) is 14.9. The maximum Gasteiger partial charge on any atom is 0.350 e. The molecule has 2 heterocycles. The molecule has 0 saturated heterocycles. The molecule has 0 aliphatic carbocycles. The summed E-state index contributed by atoms with van der Waals surface area (Å²) in [4.78, 5) is 24.3. The van der Waals surface area contributed by atoms with E-state index in [9.17, 15) is 9.59 Å². The van der Waals surface area contributed by atoms with Gasteiger partial charge in [-0.3, -0.25) is 9.20 Å². The summed E-state index contributed by atoms with van der Waals surface area (Å²) in [5.74, 6) is 0.484. The number of rotatable bonds is 7. The number of nitrogens with zero attached hydrogens (tertiary/aromatic N) is 3. The van der Waals surface area contributed by atoms with Gasteiger partial charge in [-0.25, -0.2) is 9.48 Å². The van der Waals surface area contributed by atoms with Crippen LogP contribution in [-0.4, -0.2) is 32.7 Å². The van der Waals surface area contributed by atoms with Crippen LogP contribution in [-0.2, 0) is 11.3 Å². The van der Waals surface area contributed by atoms with Crippen molar-refractivity contribution in [3.8, 4) is 5.75 Å². The number of carbonyl (C=O) groups excluding carboxylic acids is 1. The van der Waals surface area contributed by atoms with Crippen molar-refractivity contribution in [2.75, 3.05) is 6.54 Å². The van der Waals surface area contributed by atoms with E-state index in [2.05, 4.69) is 10.4 Å². The van der Waals surface area contributed by atoms with Gasteiger partial charge in [0, 0.05) is 19.3 Å². The molecule has 1 aromatic carbocycles. The Balaban J connectivity index is 1.47. The molecule has 7 nitrogen and oxygen atoms in total. The topological polar surface area (TPSA) is 77.6 Å². The van der Waals surface area contributed by atoms with E-state index in [-0.39, 0.29) is 11.6 Å². The average Bonchev–Trinajstić information content (AvgIpc) is 2.95. The number of ether oxygens (including phenoxy) is 1. The third-order valence-corrected chi connectivity index (χ3v) is 4.01. The number of hydrogen-bond acceptors (Lipinski definition) is 4. The highest BCUT2D eigenvalue weighted by Gasteiger charge is 2.14. The summed E-state index contributed by atoms with van der Waals surface area (Å²) in [5, 5.41) is 7.08. The molecule has 1 amide bonds. The number of hydrogen-bond donors (Lipinski definition) is 1. The molecule has 1 N–H and O–H groups in total. The SMILES string of the molecule is Cc1cccc(OC(C)C(=O)NCCCn2nc3ccccn3c2=O)c1. The second-order valence-electron chi connectivity index (χ2n) is 6.16. The number of carbonyl (C=O) groups is 1. The van der Waals surface area contributed by atoms with Crippen LogP contribution < -0.4 is 15.7 Å². The molecule has 2 aromatic heterocycles. The molecule has 3 aromatic rings. The molecule has 3 rings (SSSR count). The number of pyridine rings is 1. The van der Waals surface area contributed by atoms with Gasteiger partial charge in [0.05, 0.1) is 0 Å². The van der Waals surface area contributed by atoms with Crippen molar-refractivity contribution in [3.05, 3.63) is 64.7 Å². The van der Waals surface area contributed by atoms with Gasteiger partial charge in [-0.2, -0.15) is 0 Å². The minimum absolute atomic E-state index is 0.178. The maximum atomic E-state index is 12.2. The summed E-state index contributed by atoms with van der Waals surface area (Å²) in [6.07, 6.45) is 1.70. The number of fused-ring (bicyclic) bond motifs is 1. The molecule has 0 bridgehead atoms. The second kappa shape index (κ2) is 7.86. The molecule has 1 unspecified atom stereocenters. The first-order valence-corrected chi connectivity index (χ1v) is 8.60. The quantitative estimate of drug-likeness (QED) is 0.656. The Kier molecular flexibility index (Phi) is 5.36. The van der Waals surface area contributed by atoms with Gasteiger partial charge < -0.3 is 10.1 Å². The zero-order chi connectivity index (χ0) is 18.5. The third kappa shape index (κ3) is 4.11. The van der Waals surface area contributed by atoms with Gasteiger partial charge in [-0.05, 0) is 50.1 Å². The summed E-state index contributed by atoms with van der Waals surface area (Å²) < 4.78 is 8.56. The number of aryl methyl sites for hydroxylation is 2. The highest BCUT2D eigenvalue weighted by molar-refractivity contribution is 5.80. The molecule has 1 atom stereocenters. The molecular weight excluding hydrogens is 332 g/mol. The highest BCUT2D eigenvalue weighted by Crippen LogP contribution is 2.14. The lowest BCUT2D eigenvalue weighted by molar-refractivity contribution is -0.127. The zero-order valence-electron chi connectivity index (χ0n) is 14.9. The van der Waals surface area contributed by atoms with Crippen LogP contribution in [0, 0.1) is 6.92 Å². The maximum absolute atomic E-state index is 12.2. The molecule has 0 aliphatic heterocycles. The lowest BCUT2D eigenvalue weighted by atomic mass is 10.2. The lowest BCUT2D eigenvalue weighted by Crippen LogP contribution is -2.37. The van der Waals surface area contributed by atoms with Crippen LogP contribution in [0.25, 0.3) is 5.65 Å². The molecule has 0 spiro atoms. The van der Waals surface area contributed by atoms with E-state index in [0.717, 1.165) is 5.56 Å². The largest absolute Gasteiger partial charge is 0.481 e. The summed E-state index contributed by atoms with van der Waals surface area (Å²) >= 11 is 0. The first kappa shape index (κ1) is 17.7. The van der Waals surface area contributed by atoms with Crippen LogP contribution in [0.3, 0.4) is 0 Å². The molecule has 7 heteroatoms. The standard InChI is InChI=1S/C19H22N4O3/c1-14-7-5-8-16(13-14)26-15(2)18(24)20-10-6-12-23-19(25)22-11-4-3-9-17(22)21-23/h3-5,7-9,11,13,15H,6,10,12H2,1-2H3,(H,20,24). The number of benzene rings is 1. The van der Waals surface area contributed by atoms with E-state index in [4.69, 9.17) is 4.74 Å². The molecule has 136 valence electrons. The van der Waals surface area contributed by atoms with Crippen LogP contribution in [0.15, 0.2) is 53.5 Å². The second-order valence-corrected chi connectivity index (χ2v) is 6.16. The number of amides is 1. The van der Waals surface area contributed by atoms with Crippen molar-refractivity contribution in [1.82, 2.24) is 19.5 Å². The minimum atomic E-state index is -0.588. The smallest absolute Gasteiger partial charge is 0.350 e. The molecule has 0 saturated carbocycles. The van der Waals surface area contributed by atoms with Gasteiger partial charge in [0.2, 0.25) is 0 Å². The van der Waals surface area contributed by atoms with Gasteiger partial charge in [0.25, 0.3) is 5.91 Å². The van der Waals surface area contributed by atoms with Crippen LogP contribution in [0.1, 0.15) is 18.9 Å². The van der Waals surface area contributed by atoms with Crippen molar-refractivity contribution < 1.29 is 9.53 Å². The summed E-state index contributed by atoms with van der Waals surface area (Å²) in [6, 6.07) is 13.0. The number of nitrogens with one attached hydrogen (secondary N) is 1. The van der Waals surface area contributed by atoms with Crippen LogP contribution in [0.2, 0.25) is 0 Å². The Morgan fingerprint density at radius 3 is 2.88 bits per heavy atom. The van der Waals surface area contributed by atoms with Crippen molar-refractivity contribution in [2.45, 2.75) is 32.9 Å². The Labute approximate surface area is 151 Å². The summed E-state index contributed by atoms with van der Waals surface area (Å²) in [6.45, 7) is 4.57. The van der Waals surface area contributed by atoms with Crippen LogP contribution in [0.5, 0.6) is 5.75 Å². The van der Waals surface area contributed by atoms with Crippen LogP contribution in [0.4, 0.5) is 0 Å². The normalized spacial score (nSPS) is 12.1. The van der Waals surface area contributed by atoms with Crippen molar-refractivity contribution >= 4 is 11.6 Å². The monoisotopic (exact) mass is 354 g/mol. The number of aromatic nitrogens is 3. The molecule has 26 heavy (non-hydrogen) atoms. The predicted molar refractivity (Wildman–Crippen MR) is 98.3 cm³/mol. The Hall–Kier alpha value is -3.09. The fourth-order valence-corrected chi connectivity index (χ4v) is 2.64. The summed E-state index contributed by atoms with van der Waals surface area (Å²) in [7, 11) is 0. The van der Waals surface area contributed by atoms with E-state index in [0.29, 0.717) is 30.9 Å². The van der Waals surface area contributed by atoms with Crippen molar-refractivity contribution in [1.29, 1.82) is 0 Å². The van der Waals surface area contributed by atoms with Gasteiger partial charge in [-0.1, -0.05) is 18.2 Å². The first-order valence-electron chi connectivity index (χ1n) is 8.60. The Morgan fingerprint density at radius 1 is 1.27 bits per heavy atom. The first-order chi connectivity index (χ1) is 12.5. The van der Waals surface area contributed by atoms with Gasteiger partial charge in [0.1, 0.15) is 5.75 Å². The van der Waals surface area contributed by atoms with E-state index in [1.54, 1.807) is 25.3 Å². The molecule has 0 fully saturated rings. The predicted octanol–water partition coefficient (Wildman–Crippen LogP) is 1.78. The fourth-order valence-electron chi connectivity index (χ4n) is 2.64. The molecular formula is C19H22N4O3. The van der Waals surface area contributed by atoms with Crippen molar-refractivity contribution in [3.63, 3.8) is 0 Å². The lowest BCUT2D eigenvalue weighted by Gasteiger charge is -2.15. The van der Waals surface area contributed by atoms with Gasteiger partial charge in [0.15, 0.2) is 11.8 Å². The Bertz CT molecular complexity index is 961. The summed E-state index contributed by atoms with van der Waals surface area (Å²) in [5.41, 5.74) is 1.51.